The van der Waals surface area contributed by atoms with E-state index in [0.717, 1.165) is 16.8 Å². The Hall–Kier alpha value is -3.40. The van der Waals surface area contributed by atoms with Gasteiger partial charge in [-0.1, -0.05) is 17.7 Å². The lowest BCUT2D eigenvalue weighted by atomic mass is 9.85. The molecular weight excluding hydrogens is 430 g/mol. The number of phenols is 1. The van der Waals surface area contributed by atoms with Gasteiger partial charge in [0.2, 0.25) is 5.60 Å². The van der Waals surface area contributed by atoms with Crippen LogP contribution in [-0.4, -0.2) is 31.8 Å². The standard InChI is InChI=1S/C22H21F4N3O3/c1-12(2)10-21(32,22(24,25)26)19(15-8-7-13(23)9-18(15)30)28-17-6-4-5-14-16(17)11-27-29(3)20(14)31/h4-11,19,28,30,32H,1-3H3. The number of anilines is 1. The van der Waals surface area contributed by atoms with Crippen LogP contribution >= 0.6 is 0 Å². The number of rotatable bonds is 5. The number of phenolic OH excluding ortho intramolecular Hbond substituents is 1. The number of aromatic nitrogens is 2. The highest BCUT2D eigenvalue weighted by Gasteiger charge is 2.58. The molecule has 0 fully saturated rings. The molecule has 0 saturated heterocycles. The fourth-order valence-electron chi connectivity index (χ4n) is 3.50. The number of aliphatic hydroxyl groups is 1. The van der Waals surface area contributed by atoms with Gasteiger partial charge in [0.15, 0.2) is 0 Å². The van der Waals surface area contributed by atoms with Crippen LogP contribution in [0.2, 0.25) is 0 Å². The molecule has 1 aromatic heterocycles. The number of alkyl halides is 3. The third-order valence-electron chi connectivity index (χ3n) is 5.00. The third-order valence-corrected chi connectivity index (χ3v) is 5.00. The van der Waals surface area contributed by atoms with Crippen LogP contribution < -0.4 is 10.9 Å². The number of nitrogens with zero attached hydrogens (tertiary/aromatic N) is 2. The van der Waals surface area contributed by atoms with Crippen molar-refractivity contribution in [1.29, 1.82) is 0 Å². The van der Waals surface area contributed by atoms with Gasteiger partial charge in [0.25, 0.3) is 5.56 Å². The molecule has 3 rings (SSSR count). The Morgan fingerprint density at radius 3 is 2.47 bits per heavy atom. The molecule has 3 aromatic rings. The second-order valence-electron chi connectivity index (χ2n) is 7.67. The van der Waals surface area contributed by atoms with E-state index >= 15 is 0 Å². The Balaban J connectivity index is 2.29. The van der Waals surface area contributed by atoms with E-state index in [1.54, 1.807) is 0 Å². The first-order valence-corrected chi connectivity index (χ1v) is 9.50. The molecule has 6 nitrogen and oxygen atoms in total. The van der Waals surface area contributed by atoms with Crippen LogP contribution in [-0.2, 0) is 7.05 Å². The molecule has 0 bridgehead atoms. The van der Waals surface area contributed by atoms with Gasteiger partial charge in [-0.25, -0.2) is 9.07 Å². The van der Waals surface area contributed by atoms with Gasteiger partial charge in [-0.05, 0) is 38.1 Å². The second-order valence-corrected chi connectivity index (χ2v) is 7.67. The third kappa shape index (κ3) is 4.18. The summed E-state index contributed by atoms with van der Waals surface area (Å²) >= 11 is 0. The highest BCUT2D eigenvalue weighted by Crippen LogP contribution is 2.46. The van der Waals surface area contributed by atoms with Crippen LogP contribution in [0.1, 0.15) is 25.5 Å². The molecule has 3 N–H and O–H groups in total. The van der Waals surface area contributed by atoms with Gasteiger partial charge in [-0.3, -0.25) is 4.79 Å². The summed E-state index contributed by atoms with van der Waals surface area (Å²) in [7, 11) is 1.43. The summed E-state index contributed by atoms with van der Waals surface area (Å²) in [4.78, 5) is 12.4. The van der Waals surface area contributed by atoms with Crippen molar-refractivity contribution in [3.63, 3.8) is 0 Å². The van der Waals surface area contributed by atoms with E-state index in [1.807, 2.05) is 0 Å². The fraction of sp³-hybridized carbons (Fsp3) is 0.273. The predicted molar refractivity (Wildman–Crippen MR) is 112 cm³/mol. The van der Waals surface area contributed by atoms with Gasteiger partial charge in [0.1, 0.15) is 11.6 Å². The molecule has 0 aliphatic rings. The summed E-state index contributed by atoms with van der Waals surface area (Å²) in [5.74, 6) is -1.64. The van der Waals surface area contributed by atoms with Gasteiger partial charge in [-0.2, -0.15) is 18.3 Å². The molecule has 2 unspecified atom stereocenters. The van der Waals surface area contributed by atoms with Gasteiger partial charge >= 0.3 is 6.18 Å². The Bertz CT molecular complexity index is 1250. The largest absolute Gasteiger partial charge is 0.507 e. The van der Waals surface area contributed by atoms with Gasteiger partial charge in [0.05, 0.1) is 17.6 Å². The maximum Gasteiger partial charge on any atom is 0.423 e. The van der Waals surface area contributed by atoms with E-state index < -0.39 is 40.5 Å². The smallest absolute Gasteiger partial charge is 0.423 e. The topological polar surface area (TPSA) is 87.4 Å². The van der Waals surface area contributed by atoms with Crippen LogP contribution in [0.4, 0.5) is 23.2 Å². The maximum atomic E-state index is 14.2. The van der Waals surface area contributed by atoms with Crippen LogP contribution in [0.25, 0.3) is 10.8 Å². The molecule has 0 amide bonds. The molecule has 0 aliphatic carbocycles. The number of benzene rings is 2. The van der Waals surface area contributed by atoms with E-state index in [9.17, 15) is 32.6 Å². The Morgan fingerprint density at radius 1 is 1.19 bits per heavy atom. The van der Waals surface area contributed by atoms with E-state index in [4.69, 9.17) is 0 Å². The van der Waals surface area contributed by atoms with Crippen molar-refractivity contribution < 1.29 is 27.8 Å². The number of halogens is 4. The van der Waals surface area contributed by atoms with Crippen molar-refractivity contribution in [2.75, 3.05) is 5.32 Å². The lowest BCUT2D eigenvalue weighted by Crippen LogP contribution is -2.51. The zero-order valence-electron chi connectivity index (χ0n) is 17.4. The van der Waals surface area contributed by atoms with E-state index in [0.29, 0.717) is 12.1 Å². The lowest BCUT2D eigenvalue weighted by molar-refractivity contribution is -0.246. The van der Waals surface area contributed by atoms with Crippen LogP contribution in [0.5, 0.6) is 5.75 Å². The number of fused-ring (bicyclic) bond motifs is 1. The molecule has 2 atom stereocenters. The van der Waals surface area contributed by atoms with E-state index in [2.05, 4.69) is 10.4 Å². The monoisotopic (exact) mass is 451 g/mol. The highest BCUT2D eigenvalue weighted by atomic mass is 19.4. The quantitative estimate of drug-likeness (QED) is 0.400. The number of aryl methyl sites for hydroxylation is 1. The lowest BCUT2D eigenvalue weighted by Gasteiger charge is -2.37. The molecule has 0 spiro atoms. The molecule has 2 aromatic carbocycles. The number of nitrogens with one attached hydrogen (secondary N) is 1. The SMILES string of the molecule is CC(C)=CC(O)(C(Nc1cccc2c(=O)n(C)ncc12)c1ccc(F)cc1O)C(F)(F)F. The molecular formula is C22H21F4N3O3. The molecule has 10 heteroatoms. The fourth-order valence-corrected chi connectivity index (χ4v) is 3.50. The zero-order chi connectivity index (χ0) is 23.8. The normalized spacial score (nSPS) is 14.6. The maximum absolute atomic E-state index is 14.2. The first-order chi connectivity index (χ1) is 14.8. The Labute approximate surface area is 180 Å². The summed E-state index contributed by atoms with van der Waals surface area (Å²) in [6.07, 6.45) is -3.26. The van der Waals surface area contributed by atoms with Gasteiger partial charge < -0.3 is 15.5 Å². The summed E-state index contributed by atoms with van der Waals surface area (Å²) in [6, 6.07) is 4.86. The first-order valence-electron chi connectivity index (χ1n) is 9.50. The minimum absolute atomic E-state index is 0.0613. The van der Waals surface area contributed by atoms with Crippen molar-refractivity contribution in [1.82, 2.24) is 9.78 Å². The van der Waals surface area contributed by atoms with Gasteiger partial charge in [0, 0.05) is 29.8 Å². The first kappa shape index (κ1) is 23.3. The van der Waals surface area contributed by atoms with Crippen molar-refractivity contribution in [3.8, 4) is 5.75 Å². The number of aromatic hydroxyl groups is 1. The van der Waals surface area contributed by atoms with Crippen LogP contribution in [0.3, 0.4) is 0 Å². The molecule has 32 heavy (non-hydrogen) atoms. The van der Waals surface area contributed by atoms with Crippen LogP contribution in [0.15, 0.2) is 59.0 Å². The summed E-state index contributed by atoms with van der Waals surface area (Å²) in [5.41, 5.74) is -4.13. The van der Waals surface area contributed by atoms with Crippen molar-refractivity contribution in [2.45, 2.75) is 31.7 Å². The minimum Gasteiger partial charge on any atom is -0.507 e. The molecule has 0 radical (unpaired) electrons. The average molecular weight is 451 g/mol. The minimum atomic E-state index is -5.18. The Morgan fingerprint density at radius 2 is 1.88 bits per heavy atom. The van der Waals surface area contributed by atoms with Crippen molar-refractivity contribution in [2.24, 2.45) is 7.05 Å². The van der Waals surface area contributed by atoms with Crippen molar-refractivity contribution in [3.05, 3.63) is 76.0 Å². The van der Waals surface area contributed by atoms with E-state index in [1.165, 1.54) is 45.3 Å². The highest BCUT2D eigenvalue weighted by molar-refractivity contribution is 5.92. The predicted octanol–water partition coefficient (Wildman–Crippen LogP) is 4.19. The number of allylic oxidation sites excluding steroid dienone is 1. The number of hydrogen-bond donors (Lipinski definition) is 3. The molecule has 0 saturated carbocycles. The zero-order valence-corrected chi connectivity index (χ0v) is 17.4. The summed E-state index contributed by atoms with van der Waals surface area (Å²) in [6.45, 7) is 2.76. The van der Waals surface area contributed by atoms with Crippen LogP contribution in [0, 0.1) is 5.82 Å². The Kier molecular flexibility index (Phi) is 6.01. The molecule has 1 heterocycles. The average Bonchev–Trinajstić information content (AvgIpc) is 2.68. The second kappa shape index (κ2) is 8.27. The summed E-state index contributed by atoms with van der Waals surface area (Å²) < 4.78 is 57.2. The number of hydrogen-bond acceptors (Lipinski definition) is 5. The molecule has 170 valence electrons. The van der Waals surface area contributed by atoms with E-state index in [-0.39, 0.29) is 22.0 Å². The molecule has 0 aliphatic heterocycles. The van der Waals surface area contributed by atoms with Crippen molar-refractivity contribution >= 4 is 16.5 Å². The van der Waals surface area contributed by atoms with Gasteiger partial charge in [-0.15, -0.1) is 0 Å². The summed E-state index contributed by atoms with van der Waals surface area (Å²) in [5, 5.41) is 28.1.